The van der Waals surface area contributed by atoms with Gasteiger partial charge in [0.05, 0.1) is 5.54 Å². The number of nitrogens with zero attached hydrogens (tertiary/aromatic N) is 1. The van der Waals surface area contributed by atoms with Crippen molar-refractivity contribution in [3.63, 3.8) is 0 Å². The molecule has 1 fully saturated rings. The summed E-state index contributed by atoms with van der Waals surface area (Å²) in [5, 5.41) is 1.16. The summed E-state index contributed by atoms with van der Waals surface area (Å²) in [4.78, 5) is 25.1. The Hall–Kier alpha value is -1.06. The first kappa shape index (κ1) is 15.3. The van der Waals surface area contributed by atoms with Crippen molar-refractivity contribution in [2.45, 2.75) is 32.2 Å². The van der Waals surface area contributed by atoms with Gasteiger partial charge >= 0.3 is 0 Å². The normalized spacial score (nSPS) is 19.5. The molecule has 3 nitrogen and oxygen atoms in total. The van der Waals surface area contributed by atoms with E-state index in [1.807, 2.05) is 0 Å². The highest BCUT2D eigenvalue weighted by atomic mass is 35.5. The van der Waals surface area contributed by atoms with E-state index in [9.17, 15) is 9.59 Å². The first-order valence-electron chi connectivity index (χ1n) is 6.57. The molecule has 0 saturated carbocycles. The molecule has 0 N–H and O–H groups in total. The number of halogens is 2. The second kappa shape index (κ2) is 5.74. The van der Waals surface area contributed by atoms with Gasteiger partial charge in [0.25, 0.3) is 0 Å². The van der Waals surface area contributed by atoms with Crippen LogP contribution in [0, 0.1) is 5.92 Å². The molecular weight excluding hydrogens is 297 g/mol. The lowest BCUT2D eigenvalue weighted by Crippen LogP contribution is -2.46. The molecule has 0 aromatic heterocycles. The van der Waals surface area contributed by atoms with E-state index in [0.717, 1.165) is 18.3 Å². The topological polar surface area (TPSA) is 37.4 Å². The number of likely N-dealkylation sites (tertiary alicyclic amines) is 1. The van der Waals surface area contributed by atoms with Gasteiger partial charge in [-0.25, -0.2) is 0 Å². The molecule has 1 amide bonds. The minimum absolute atomic E-state index is 0.00177. The first-order chi connectivity index (χ1) is 9.36. The summed E-state index contributed by atoms with van der Waals surface area (Å²) in [6.45, 7) is 4.10. The fourth-order valence-electron chi connectivity index (χ4n) is 2.54. The molecule has 108 valence electrons. The summed E-state index contributed by atoms with van der Waals surface area (Å²) in [5.74, 6) is -0.162. The zero-order valence-corrected chi connectivity index (χ0v) is 13.0. The van der Waals surface area contributed by atoms with Crippen molar-refractivity contribution in [3.8, 4) is 0 Å². The Morgan fingerprint density at radius 2 is 1.95 bits per heavy atom. The van der Waals surface area contributed by atoms with Crippen LogP contribution in [0.3, 0.4) is 0 Å². The lowest BCUT2D eigenvalue weighted by atomic mass is 9.97. The second-order valence-electron chi connectivity index (χ2n) is 5.65. The van der Waals surface area contributed by atoms with Crippen molar-refractivity contribution in [1.29, 1.82) is 0 Å². The molecule has 1 aromatic rings. The summed E-state index contributed by atoms with van der Waals surface area (Å²) < 4.78 is 0. The number of amides is 1. The van der Waals surface area contributed by atoms with Gasteiger partial charge in [0.1, 0.15) is 6.29 Å². The number of carbonyl (C=O) groups is 2. The number of benzene rings is 1. The van der Waals surface area contributed by atoms with Crippen LogP contribution in [0.25, 0.3) is 0 Å². The summed E-state index contributed by atoms with van der Waals surface area (Å²) in [5.41, 5.74) is 0.0516. The van der Waals surface area contributed by atoms with Crippen molar-refractivity contribution in [3.05, 3.63) is 33.8 Å². The Morgan fingerprint density at radius 1 is 1.35 bits per heavy atom. The van der Waals surface area contributed by atoms with Gasteiger partial charge in [0, 0.05) is 22.5 Å². The van der Waals surface area contributed by atoms with Crippen LogP contribution in [0.5, 0.6) is 0 Å². The third kappa shape index (κ3) is 2.84. The standard InChI is InChI=1S/C15H17Cl2NO2/c1-15(2,9-19)18-7-6-10(14(18)20)8-11-12(16)4-3-5-13(11)17/h3-5,9-10H,6-8H2,1-2H3. The molecule has 0 aliphatic carbocycles. The van der Waals surface area contributed by atoms with Gasteiger partial charge in [-0.2, -0.15) is 0 Å². The monoisotopic (exact) mass is 313 g/mol. The highest BCUT2D eigenvalue weighted by Crippen LogP contribution is 2.32. The highest BCUT2D eigenvalue weighted by molar-refractivity contribution is 6.36. The SMILES string of the molecule is CC(C)(C=O)N1CCC(Cc2c(Cl)cccc2Cl)C1=O. The van der Waals surface area contributed by atoms with Crippen molar-refractivity contribution in [2.24, 2.45) is 5.92 Å². The van der Waals surface area contributed by atoms with E-state index >= 15 is 0 Å². The molecule has 1 aliphatic rings. The summed E-state index contributed by atoms with van der Waals surface area (Å²) in [6.07, 6.45) is 2.05. The molecule has 0 spiro atoms. The average molecular weight is 314 g/mol. The van der Waals surface area contributed by atoms with E-state index in [0.29, 0.717) is 23.0 Å². The highest BCUT2D eigenvalue weighted by Gasteiger charge is 2.40. The summed E-state index contributed by atoms with van der Waals surface area (Å²) in [7, 11) is 0. The lowest BCUT2D eigenvalue weighted by molar-refractivity contribution is -0.139. The molecule has 1 atom stereocenters. The molecule has 1 heterocycles. The molecule has 2 rings (SSSR count). The minimum atomic E-state index is -0.754. The van der Waals surface area contributed by atoms with Crippen LogP contribution in [0.2, 0.25) is 10.0 Å². The van der Waals surface area contributed by atoms with E-state index in [1.165, 1.54) is 0 Å². The summed E-state index contributed by atoms with van der Waals surface area (Å²) in [6, 6.07) is 5.33. The smallest absolute Gasteiger partial charge is 0.226 e. The Morgan fingerprint density at radius 3 is 2.50 bits per heavy atom. The Kier molecular flexibility index (Phi) is 4.40. The predicted octanol–water partition coefficient (Wildman–Crippen LogP) is 3.36. The molecule has 1 aliphatic heterocycles. The number of carbonyl (C=O) groups excluding carboxylic acids is 2. The molecule has 20 heavy (non-hydrogen) atoms. The Labute approximate surface area is 128 Å². The number of aldehydes is 1. The van der Waals surface area contributed by atoms with Gasteiger partial charge in [-0.3, -0.25) is 4.79 Å². The van der Waals surface area contributed by atoms with Crippen molar-refractivity contribution >= 4 is 35.4 Å². The van der Waals surface area contributed by atoms with E-state index in [4.69, 9.17) is 23.2 Å². The van der Waals surface area contributed by atoms with Crippen LogP contribution in [-0.4, -0.2) is 29.2 Å². The number of hydrogen-bond acceptors (Lipinski definition) is 2. The van der Waals surface area contributed by atoms with Crippen LogP contribution >= 0.6 is 23.2 Å². The van der Waals surface area contributed by atoms with Gasteiger partial charge < -0.3 is 9.69 Å². The third-order valence-corrected chi connectivity index (χ3v) is 4.52. The van der Waals surface area contributed by atoms with E-state index in [2.05, 4.69) is 0 Å². The van der Waals surface area contributed by atoms with Crippen molar-refractivity contribution in [2.75, 3.05) is 6.54 Å². The third-order valence-electron chi connectivity index (χ3n) is 3.81. The molecule has 1 aromatic carbocycles. The maximum Gasteiger partial charge on any atom is 0.226 e. The van der Waals surface area contributed by atoms with Crippen molar-refractivity contribution < 1.29 is 9.59 Å². The predicted molar refractivity (Wildman–Crippen MR) is 80.1 cm³/mol. The molecular formula is C15H17Cl2NO2. The van der Waals surface area contributed by atoms with Crippen LogP contribution < -0.4 is 0 Å². The van der Waals surface area contributed by atoms with Crippen LogP contribution in [-0.2, 0) is 16.0 Å². The molecule has 1 unspecified atom stereocenters. The van der Waals surface area contributed by atoms with E-state index < -0.39 is 5.54 Å². The van der Waals surface area contributed by atoms with Gasteiger partial charge in [-0.15, -0.1) is 0 Å². The quantitative estimate of drug-likeness (QED) is 0.799. The largest absolute Gasteiger partial charge is 0.331 e. The summed E-state index contributed by atoms with van der Waals surface area (Å²) >= 11 is 12.3. The zero-order chi connectivity index (χ0) is 14.9. The van der Waals surface area contributed by atoms with Gasteiger partial charge in [-0.05, 0) is 44.4 Å². The van der Waals surface area contributed by atoms with E-state index in [1.54, 1.807) is 36.9 Å². The van der Waals surface area contributed by atoms with Gasteiger partial charge in [0.15, 0.2) is 0 Å². The Bertz CT molecular complexity index is 522. The van der Waals surface area contributed by atoms with Crippen molar-refractivity contribution in [1.82, 2.24) is 4.90 Å². The fourth-order valence-corrected chi connectivity index (χ4v) is 3.09. The number of rotatable bonds is 4. The molecule has 5 heteroatoms. The first-order valence-corrected chi connectivity index (χ1v) is 7.33. The average Bonchev–Trinajstić information content (AvgIpc) is 2.76. The lowest BCUT2D eigenvalue weighted by Gasteiger charge is -2.30. The minimum Gasteiger partial charge on any atom is -0.331 e. The second-order valence-corrected chi connectivity index (χ2v) is 6.47. The Balaban J connectivity index is 2.17. The molecule has 0 bridgehead atoms. The van der Waals surface area contributed by atoms with Gasteiger partial charge in [-0.1, -0.05) is 29.3 Å². The van der Waals surface area contributed by atoms with Crippen LogP contribution in [0.15, 0.2) is 18.2 Å². The molecule has 0 radical (unpaired) electrons. The van der Waals surface area contributed by atoms with Crippen LogP contribution in [0.1, 0.15) is 25.8 Å². The molecule has 1 saturated heterocycles. The zero-order valence-electron chi connectivity index (χ0n) is 11.5. The fraction of sp³-hybridized carbons (Fsp3) is 0.467. The van der Waals surface area contributed by atoms with E-state index in [-0.39, 0.29) is 11.8 Å². The van der Waals surface area contributed by atoms with Crippen LogP contribution in [0.4, 0.5) is 0 Å². The van der Waals surface area contributed by atoms with Gasteiger partial charge in [0.2, 0.25) is 5.91 Å². The maximum absolute atomic E-state index is 12.4. The maximum atomic E-state index is 12.4. The number of hydrogen-bond donors (Lipinski definition) is 0.